The molecule has 2 aromatic rings. The Bertz CT molecular complexity index is 471. The first-order chi connectivity index (χ1) is 8.18. The topological polar surface area (TPSA) is 52.0 Å². The zero-order chi connectivity index (χ0) is 12.3. The molecule has 0 spiro atoms. The van der Waals surface area contributed by atoms with Crippen molar-refractivity contribution >= 4 is 0 Å². The first-order valence-electron chi connectivity index (χ1n) is 5.72. The van der Waals surface area contributed by atoms with E-state index in [9.17, 15) is 0 Å². The summed E-state index contributed by atoms with van der Waals surface area (Å²) in [4.78, 5) is 0. The molecule has 2 aromatic carbocycles. The maximum Gasteiger partial charge on any atom is 0.0470 e. The van der Waals surface area contributed by atoms with Crippen molar-refractivity contribution in [2.75, 3.05) is 0 Å². The minimum absolute atomic E-state index is 0. The Balaban J connectivity index is 0.00000162. The van der Waals surface area contributed by atoms with E-state index in [2.05, 4.69) is 25.1 Å². The third-order valence-corrected chi connectivity index (χ3v) is 2.98. The van der Waals surface area contributed by atoms with Gasteiger partial charge in [0.1, 0.15) is 0 Å². The number of hydrogen-bond donors (Lipinski definition) is 2. The molecular weight excluding hydrogens is 386 g/mol. The third kappa shape index (κ3) is 5.45. The summed E-state index contributed by atoms with van der Waals surface area (Å²) in [5.41, 5.74) is 15.7. The largest absolute Gasteiger partial charge is 0.324 e. The van der Waals surface area contributed by atoms with Gasteiger partial charge < -0.3 is 11.5 Å². The van der Waals surface area contributed by atoms with E-state index in [-0.39, 0.29) is 77.5 Å². The molecule has 2 atom stereocenters. The molecule has 19 heavy (non-hydrogen) atoms. The van der Waals surface area contributed by atoms with E-state index in [1.165, 1.54) is 5.56 Å². The minimum Gasteiger partial charge on any atom is -0.324 e. The van der Waals surface area contributed by atoms with Gasteiger partial charge in [0.05, 0.1) is 0 Å². The minimum atomic E-state index is -0.188. The van der Waals surface area contributed by atoms with E-state index in [1.807, 2.05) is 36.4 Å². The monoisotopic (exact) mass is 403 g/mol. The smallest absolute Gasteiger partial charge is 0.0470 e. The van der Waals surface area contributed by atoms with Crippen LogP contribution in [0.3, 0.4) is 0 Å². The van der Waals surface area contributed by atoms with Crippen LogP contribution in [0.5, 0.6) is 0 Å². The van der Waals surface area contributed by atoms with Crippen molar-refractivity contribution in [1.82, 2.24) is 0 Å². The summed E-state index contributed by atoms with van der Waals surface area (Å²) in [6.07, 6.45) is 0. The van der Waals surface area contributed by atoms with Crippen molar-refractivity contribution in [3.05, 3.63) is 71.3 Å². The van der Waals surface area contributed by atoms with E-state index in [4.69, 9.17) is 11.5 Å². The van der Waals surface area contributed by atoms with Crippen LogP contribution in [0.4, 0.5) is 0 Å². The number of nitrogens with two attached hydrogens (primary N) is 2. The van der Waals surface area contributed by atoms with Gasteiger partial charge in [0.25, 0.3) is 0 Å². The fourth-order valence-electron chi connectivity index (χ4n) is 1.83. The van der Waals surface area contributed by atoms with Crippen LogP contribution in [0, 0.1) is 13.0 Å². The van der Waals surface area contributed by atoms with Crippen LogP contribution >= 0.6 is 0 Å². The molecule has 0 heterocycles. The van der Waals surface area contributed by atoms with Gasteiger partial charge >= 0.3 is 0 Å². The molecule has 0 fully saturated rings. The standard InChI is InChI=1S/C15H17N2.2Y/c1-11-7-9-13(10-8-11)15(17)14(16)12-5-3-2-4-6-12;;/h3-10,14-15H,16-17H2,1H3;;/q-1;;/t14-,15?;;/m1../s1. The SMILES string of the molecule is Cc1ccc(C(N)[C@H](N)c2cc[c-]cc2)cc1.[Y].[Y]. The van der Waals surface area contributed by atoms with Gasteiger partial charge in [-0.05, 0) is 12.5 Å². The van der Waals surface area contributed by atoms with Gasteiger partial charge in [0.15, 0.2) is 0 Å². The van der Waals surface area contributed by atoms with Crippen LogP contribution in [-0.2, 0) is 65.4 Å². The Morgan fingerprint density at radius 1 is 0.789 bits per heavy atom. The third-order valence-electron chi connectivity index (χ3n) is 2.98. The van der Waals surface area contributed by atoms with Crippen LogP contribution in [0.25, 0.3) is 0 Å². The van der Waals surface area contributed by atoms with E-state index in [0.717, 1.165) is 11.1 Å². The fraction of sp³-hybridized carbons (Fsp3) is 0.200. The van der Waals surface area contributed by atoms with Gasteiger partial charge in [-0.1, -0.05) is 29.8 Å². The Morgan fingerprint density at radius 2 is 1.21 bits per heavy atom. The fourth-order valence-corrected chi connectivity index (χ4v) is 1.83. The zero-order valence-electron chi connectivity index (χ0n) is 11.1. The van der Waals surface area contributed by atoms with E-state index in [1.54, 1.807) is 0 Å². The summed E-state index contributed by atoms with van der Waals surface area (Å²) in [5, 5.41) is 0. The Morgan fingerprint density at radius 3 is 1.68 bits per heavy atom. The summed E-state index contributed by atoms with van der Waals surface area (Å²) >= 11 is 0. The molecule has 2 nitrogen and oxygen atoms in total. The van der Waals surface area contributed by atoms with Crippen molar-refractivity contribution < 1.29 is 65.4 Å². The molecule has 0 saturated heterocycles. The van der Waals surface area contributed by atoms with Crippen LogP contribution in [0.2, 0.25) is 0 Å². The molecule has 0 aliphatic heterocycles. The molecule has 0 aromatic heterocycles. The van der Waals surface area contributed by atoms with Crippen molar-refractivity contribution in [2.24, 2.45) is 11.5 Å². The normalized spacial score (nSPS) is 12.8. The predicted octanol–water partition coefficient (Wildman–Crippen LogP) is 2.49. The second-order valence-corrected chi connectivity index (χ2v) is 4.30. The van der Waals surface area contributed by atoms with Crippen LogP contribution in [0.1, 0.15) is 28.8 Å². The maximum atomic E-state index is 6.19. The van der Waals surface area contributed by atoms with Gasteiger partial charge in [0.2, 0.25) is 0 Å². The molecule has 94 valence electrons. The molecule has 4 heteroatoms. The molecule has 0 saturated carbocycles. The number of benzene rings is 2. The summed E-state index contributed by atoms with van der Waals surface area (Å²) in [7, 11) is 0. The summed E-state index contributed by atoms with van der Waals surface area (Å²) in [5.74, 6) is 0. The molecule has 2 rings (SSSR count). The van der Waals surface area contributed by atoms with Crippen LogP contribution in [0.15, 0.2) is 48.5 Å². The van der Waals surface area contributed by atoms with Gasteiger partial charge in [-0.15, -0.1) is 5.56 Å². The molecule has 0 aliphatic rings. The van der Waals surface area contributed by atoms with Crippen molar-refractivity contribution in [3.63, 3.8) is 0 Å². The Hall–Kier alpha value is 0.568. The first-order valence-corrected chi connectivity index (χ1v) is 5.72. The van der Waals surface area contributed by atoms with E-state index in [0.29, 0.717) is 0 Å². The molecule has 1 unspecified atom stereocenters. The molecule has 2 radical (unpaired) electrons. The average Bonchev–Trinajstić information content (AvgIpc) is 2.39. The summed E-state index contributed by atoms with van der Waals surface area (Å²) in [6.45, 7) is 2.06. The second-order valence-electron chi connectivity index (χ2n) is 4.30. The van der Waals surface area contributed by atoms with Crippen molar-refractivity contribution in [1.29, 1.82) is 0 Å². The van der Waals surface area contributed by atoms with Crippen molar-refractivity contribution in [2.45, 2.75) is 19.0 Å². The van der Waals surface area contributed by atoms with E-state index >= 15 is 0 Å². The first kappa shape index (κ1) is 19.6. The molecule has 0 aliphatic carbocycles. The van der Waals surface area contributed by atoms with Crippen molar-refractivity contribution in [3.8, 4) is 0 Å². The van der Waals surface area contributed by atoms with Crippen LogP contribution < -0.4 is 11.5 Å². The Labute approximate surface area is 165 Å². The van der Waals surface area contributed by atoms with E-state index < -0.39 is 0 Å². The van der Waals surface area contributed by atoms with Gasteiger partial charge in [-0.2, -0.15) is 30.3 Å². The summed E-state index contributed by atoms with van der Waals surface area (Å²) in [6, 6.07) is 18.4. The molecule has 0 bridgehead atoms. The van der Waals surface area contributed by atoms with Gasteiger partial charge in [-0.3, -0.25) is 0 Å². The molecule has 0 amide bonds. The Kier molecular flexibility index (Phi) is 9.78. The predicted molar refractivity (Wildman–Crippen MR) is 70.3 cm³/mol. The maximum absolute atomic E-state index is 6.19. The summed E-state index contributed by atoms with van der Waals surface area (Å²) < 4.78 is 0. The zero-order valence-corrected chi connectivity index (χ0v) is 16.8. The quantitative estimate of drug-likeness (QED) is 0.775. The molecular formula is C15H17N2Y2-. The average molecular weight is 403 g/mol. The molecule has 4 N–H and O–H groups in total. The number of rotatable bonds is 3. The second kappa shape index (κ2) is 9.49. The van der Waals surface area contributed by atoms with Crippen LogP contribution in [-0.4, -0.2) is 0 Å². The van der Waals surface area contributed by atoms with Gasteiger partial charge in [0, 0.05) is 77.5 Å². The number of hydrogen-bond acceptors (Lipinski definition) is 2. The number of aryl methyl sites for hydroxylation is 1. The van der Waals surface area contributed by atoms with Gasteiger partial charge in [-0.25, -0.2) is 0 Å².